The molecule has 1 N–H and O–H groups in total. The van der Waals surface area contributed by atoms with Crippen molar-refractivity contribution in [2.45, 2.75) is 0 Å². The predicted molar refractivity (Wildman–Crippen MR) is 69.9 cm³/mol. The van der Waals surface area contributed by atoms with Crippen molar-refractivity contribution in [2.75, 3.05) is 0 Å². The number of hydrogen-bond donors (Lipinski definition) is 1. The van der Waals surface area contributed by atoms with Crippen molar-refractivity contribution in [3.05, 3.63) is 66.7 Å². The number of fused-ring (bicyclic) bond motifs is 1. The van der Waals surface area contributed by atoms with Crippen molar-refractivity contribution >= 4 is 10.8 Å². The van der Waals surface area contributed by atoms with Gasteiger partial charge in [-0.05, 0) is 40.1 Å². The van der Waals surface area contributed by atoms with E-state index in [1.54, 1.807) is 12.1 Å². The minimum absolute atomic E-state index is 0.290. The molecule has 3 aromatic carbocycles. The van der Waals surface area contributed by atoms with Crippen LogP contribution in [0.4, 0.5) is 0 Å². The average Bonchev–Trinajstić information content (AvgIpc) is 2.39. The van der Waals surface area contributed by atoms with E-state index < -0.39 is 0 Å². The molecule has 0 aliphatic carbocycles. The van der Waals surface area contributed by atoms with E-state index in [0.29, 0.717) is 5.75 Å². The lowest BCUT2D eigenvalue weighted by Crippen LogP contribution is -1.79. The summed E-state index contributed by atoms with van der Waals surface area (Å²) >= 11 is 0. The van der Waals surface area contributed by atoms with E-state index >= 15 is 0 Å². The van der Waals surface area contributed by atoms with Crippen LogP contribution in [0.2, 0.25) is 0 Å². The fourth-order valence-corrected chi connectivity index (χ4v) is 1.95. The van der Waals surface area contributed by atoms with Gasteiger partial charge >= 0.3 is 0 Å². The van der Waals surface area contributed by atoms with E-state index in [0.717, 1.165) is 21.9 Å². The summed E-state index contributed by atoms with van der Waals surface area (Å²) in [5.41, 5.74) is 2.23. The zero-order valence-electron chi connectivity index (χ0n) is 9.22. The van der Waals surface area contributed by atoms with E-state index in [-0.39, 0.29) is 0 Å². The van der Waals surface area contributed by atoms with E-state index in [2.05, 4.69) is 18.2 Å². The lowest BCUT2D eigenvalue weighted by molar-refractivity contribution is 0.476. The van der Waals surface area contributed by atoms with E-state index in [1.165, 1.54) is 0 Å². The topological polar surface area (TPSA) is 20.2 Å². The zero-order valence-corrected chi connectivity index (χ0v) is 9.22. The highest BCUT2D eigenvalue weighted by Gasteiger charge is 2.00. The standard InChI is InChI=1S/C16H11O/c17-16-9-8-14-10-13(6-7-15(14)11-16)12-4-2-1-3-5-12/h1-9,11,17H. The maximum absolute atomic E-state index is 9.40. The highest BCUT2D eigenvalue weighted by Crippen LogP contribution is 2.25. The third kappa shape index (κ3) is 1.87. The molecule has 0 aliphatic heterocycles. The minimum atomic E-state index is 0.290. The summed E-state index contributed by atoms with van der Waals surface area (Å²) in [5, 5.41) is 11.4. The molecule has 0 saturated carbocycles. The van der Waals surface area contributed by atoms with Crippen LogP contribution in [0.15, 0.2) is 60.7 Å². The second-order valence-electron chi connectivity index (χ2n) is 4.01. The first-order valence-corrected chi connectivity index (χ1v) is 5.53. The quantitative estimate of drug-likeness (QED) is 0.655. The van der Waals surface area contributed by atoms with Gasteiger partial charge in [0.05, 0.1) is 0 Å². The Bertz CT molecular complexity index is 657. The molecule has 17 heavy (non-hydrogen) atoms. The Hall–Kier alpha value is -2.28. The van der Waals surface area contributed by atoms with Crippen LogP contribution >= 0.6 is 0 Å². The molecule has 0 atom stereocenters. The molecule has 0 aromatic heterocycles. The molecule has 0 aliphatic rings. The summed E-state index contributed by atoms with van der Waals surface area (Å²) in [7, 11) is 0. The van der Waals surface area contributed by atoms with Gasteiger partial charge < -0.3 is 5.11 Å². The highest BCUT2D eigenvalue weighted by molar-refractivity contribution is 5.87. The van der Waals surface area contributed by atoms with Crippen molar-refractivity contribution in [1.82, 2.24) is 0 Å². The average molecular weight is 219 g/mol. The Labute approximate surface area is 100.0 Å². The molecule has 3 rings (SSSR count). The second kappa shape index (κ2) is 3.95. The van der Waals surface area contributed by atoms with Crippen molar-refractivity contribution in [1.29, 1.82) is 0 Å². The normalized spacial score (nSPS) is 10.6. The third-order valence-corrected chi connectivity index (χ3v) is 2.82. The Balaban J connectivity index is 2.17. The Morgan fingerprint density at radius 1 is 0.824 bits per heavy atom. The largest absolute Gasteiger partial charge is 0.508 e. The van der Waals surface area contributed by atoms with Crippen LogP contribution in [0, 0.1) is 6.07 Å². The Morgan fingerprint density at radius 2 is 1.65 bits per heavy atom. The molecule has 3 aromatic rings. The second-order valence-corrected chi connectivity index (χ2v) is 4.01. The zero-order chi connectivity index (χ0) is 11.7. The minimum Gasteiger partial charge on any atom is -0.508 e. The van der Waals surface area contributed by atoms with Gasteiger partial charge in [-0.3, -0.25) is 0 Å². The van der Waals surface area contributed by atoms with E-state index in [1.807, 2.05) is 36.4 Å². The SMILES string of the molecule is Oc1ccc2[c]c(-c3ccccc3)ccc2c1. The summed E-state index contributed by atoms with van der Waals surface area (Å²) in [6.07, 6.45) is 0. The van der Waals surface area contributed by atoms with Crippen LogP contribution in [0.5, 0.6) is 5.75 Å². The van der Waals surface area contributed by atoms with Crippen molar-refractivity contribution < 1.29 is 5.11 Å². The lowest BCUT2D eigenvalue weighted by Gasteiger charge is -2.03. The van der Waals surface area contributed by atoms with Crippen LogP contribution in [0.1, 0.15) is 0 Å². The maximum Gasteiger partial charge on any atom is 0.116 e. The molecule has 0 heterocycles. The van der Waals surface area contributed by atoms with E-state index in [9.17, 15) is 5.11 Å². The number of rotatable bonds is 1. The van der Waals surface area contributed by atoms with Crippen LogP contribution < -0.4 is 0 Å². The van der Waals surface area contributed by atoms with Gasteiger partial charge in [0.1, 0.15) is 5.75 Å². The lowest BCUT2D eigenvalue weighted by atomic mass is 10.0. The first-order valence-electron chi connectivity index (χ1n) is 5.53. The molecule has 1 heteroatoms. The van der Waals surface area contributed by atoms with E-state index in [4.69, 9.17) is 0 Å². The third-order valence-electron chi connectivity index (χ3n) is 2.82. The molecule has 1 nitrogen and oxygen atoms in total. The van der Waals surface area contributed by atoms with Gasteiger partial charge in [0, 0.05) is 0 Å². The molecular weight excluding hydrogens is 208 g/mol. The Kier molecular flexibility index (Phi) is 2.30. The van der Waals surface area contributed by atoms with Crippen LogP contribution in [-0.4, -0.2) is 5.11 Å². The van der Waals surface area contributed by atoms with Gasteiger partial charge in [-0.25, -0.2) is 0 Å². The van der Waals surface area contributed by atoms with Crippen molar-refractivity contribution in [3.8, 4) is 16.9 Å². The monoisotopic (exact) mass is 219 g/mol. The summed E-state index contributed by atoms with van der Waals surface area (Å²) < 4.78 is 0. The van der Waals surface area contributed by atoms with Crippen molar-refractivity contribution in [3.63, 3.8) is 0 Å². The van der Waals surface area contributed by atoms with Crippen LogP contribution in [0.3, 0.4) is 0 Å². The number of aromatic hydroxyl groups is 1. The smallest absolute Gasteiger partial charge is 0.116 e. The fraction of sp³-hybridized carbons (Fsp3) is 0. The summed E-state index contributed by atoms with van der Waals surface area (Å²) in [4.78, 5) is 0. The van der Waals surface area contributed by atoms with Crippen LogP contribution in [-0.2, 0) is 0 Å². The molecule has 0 saturated heterocycles. The summed E-state index contributed by atoms with van der Waals surface area (Å²) in [6.45, 7) is 0. The van der Waals surface area contributed by atoms with Crippen LogP contribution in [0.25, 0.3) is 21.9 Å². The van der Waals surface area contributed by atoms with Gasteiger partial charge in [-0.2, -0.15) is 0 Å². The molecule has 1 radical (unpaired) electrons. The van der Waals surface area contributed by atoms with Gasteiger partial charge in [0.25, 0.3) is 0 Å². The molecular formula is C16H11O. The summed E-state index contributed by atoms with van der Waals surface area (Å²) in [6, 6.07) is 22.9. The summed E-state index contributed by atoms with van der Waals surface area (Å²) in [5.74, 6) is 0.290. The maximum atomic E-state index is 9.40. The number of phenolic OH excluding ortho intramolecular Hbond substituents is 1. The first-order chi connectivity index (χ1) is 8.33. The molecule has 0 fully saturated rings. The molecule has 81 valence electrons. The molecule has 0 amide bonds. The van der Waals surface area contributed by atoms with Gasteiger partial charge in [-0.15, -0.1) is 0 Å². The van der Waals surface area contributed by atoms with Gasteiger partial charge in [0.2, 0.25) is 0 Å². The predicted octanol–water partition coefficient (Wildman–Crippen LogP) is 4.01. The number of benzene rings is 3. The number of hydrogen-bond acceptors (Lipinski definition) is 1. The fourth-order valence-electron chi connectivity index (χ4n) is 1.95. The van der Waals surface area contributed by atoms with Gasteiger partial charge in [0.15, 0.2) is 0 Å². The molecule has 0 spiro atoms. The molecule has 0 bridgehead atoms. The molecule has 0 unspecified atom stereocenters. The highest BCUT2D eigenvalue weighted by atomic mass is 16.3. The van der Waals surface area contributed by atoms with Gasteiger partial charge in [-0.1, -0.05) is 48.5 Å². The number of phenols is 1. The Morgan fingerprint density at radius 3 is 2.47 bits per heavy atom. The van der Waals surface area contributed by atoms with Crippen molar-refractivity contribution in [2.24, 2.45) is 0 Å². The first kappa shape index (κ1) is 9.91.